The van der Waals surface area contributed by atoms with E-state index < -0.39 is 5.91 Å². The minimum atomic E-state index is -0.447. The van der Waals surface area contributed by atoms with E-state index in [1.807, 2.05) is 30.3 Å². The first-order valence-corrected chi connectivity index (χ1v) is 9.34. The number of fused-ring (bicyclic) bond motifs is 1. The molecular formula is C19H20N4OS. The van der Waals surface area contributed by atoms with E-state index >= 15 is 0 Å². The SMILES string of the molecule is NC(=O)c1nc(-c2ccccc2)n2c1CCN(Cc1ccsc1)CC2. The zero-order valence-corrected chi connectivity index (χ0v) is 14.7. The van der Waals surface area contributed by atoms with Crippen molar-refractivity contribution in [1.82, 2.24) is 14.5 Å². The third-order valence-corrected chi connectivity index (χ3v) is 5.36. The van der Waals surface area contributed by atoms with Crippen molar-refractivity contribution in [3.63, 3.8) is 0 Å². The van der Waals surface area contributed by atoms with E-state index in [0.717, 1.165) is 49.7 Å². The van der Waals surface area contributed by atoms with Gasteiger partial charge in [-0.05, 0) is 22.4 Å². The molecule has 3 aromatic rings. The van der Waals surface area contributed by atoms with Gasteiger partial charge in [-0.2, -0.15) is 11.3 Å². The normalized spacial score (nSPS) is 14.9. The molecule has 0 bridgehead atoms. The average Bonchev–Trinajstić information content (AvgIpc) is 3.21. The van der Waals surface area contributed by atoms with Crippen molar-refractivity contribution in [2.24, 2.45) is 5.73 Å². The Morgan fingerprint density at radius 2 is 2.00 bits per heavy atom. The summed E-state index contributed by atoms with van der Waals surface area (Å²) in [6, 6.07) is 12.2. The predicted molar refractivity (Wildman–Crippen MR) is 99.5 cm³/mol. The molecule has 0 spiro atoms. The summed E-state index contributed by atoms with van der Waals surface area (Å²) in [5.41, 5.74) is 9.33. The third kappa shape index (κ3) is 3.23. The first kappa shape index (κ1) is 16.1. The largest absolute Gasteiger partial charge is 0.364 e. The number of hydrogen-bond acceptors (Lipinski definition) is 4. The Hall–Kier alpha value is -2.44. The van der Waals surface area contributed by atoms with Gasteiger partial charge in [0.15, 0.2) is 0 Å². The maximum absolute atomic E-state index is 11.9. The number of carbonyl (C=O) groups is 1. The highest BCUT2D eigenvalue weighted by Gasteiger charge is 2.24. The summed E-state index contributed by atoms with van der Waals surface area (Å²) in [5, 5.41) is 4.30. The van der Waals surface area contributed by atoms with Crippen molar-refractivity contribution >= 4 is 17.2 Å². The van der Waals surface area contributed by atoms with Crippen molar-refractivity contribution in [3.8, 4) is 11.4 Å². The van der Waals surface area contributed by atoms with Crippen LogP contribution in [0.2, 0.25) is 0 Å². The lowest BCUT2D eigenvalue weighted by atomic mass is 10.2. The van der Waals surface area contributed by atoms with Gasteiger partial charge in [0.1, 0.15) is 11.5 Å². The van der Waals surface area contributed by atoms with Crippen LogP contribution in [0.25, 0.3) is 11.4 Å². The first-order valence-electron chi connectivity index (χ1n) is 8.40. The highest BCUT2D eigenvalue weighted by Crippen LogP contribution is 2.25. The molecular weight excluding hydrogens is 332 g/mol. The fraction of sp³-hybridized carbons (Fsp3) is 0.263. The lowest BCUT2D eigenvalue weighted by Crippen LogP contribution is -2.26. The fourth-order valence-corrected chi connectivity index (χ4v) is 4.06. The van der Waals surface area contributed by atoms with Crippen molar-refractivity contribution in [2.75, 3.05) is 13.1 Å². The van der Waals surface area contributed by atoms with Crippen LogP contribution in [0.3, 0.4) is 0 Å². The molecule has 128 valence electrons. The van der Waals surface area contributed by atoms with Gasteiger partial charge in [0.05, 0.1) is 5.69 Å². The standard InChI is InChI=1S/C19H20N4OS/c20-18(24)17-16-6-8-22(12-14-7-11-25-13-14)9-10-23(16)19(21-17)15-4-2-1-3-5-15/h1-5,7,11,13H,6,8-10,12H2,(H2,20,24). The zero-order chi connectivity index (χ0) is 17.2. The van der Waals surface area contributed by atoms with Crippen LogP contribution in [0.15, 0.2) is 47.2 Å². The molecule has 1 aliphatic heterocycles. The predicted octanol–water partition coefficient (Wildman–Crippen LogP) is 2.77. The van der Waals surface area contributed by atoms with Crippen LogP contribution < -0.4 is 5.73 Å². The van der Waals surface area contributed by atoms with Crippen molar-refractivity contribution < 1.29 is 4.79 Å². The van der Waals surface area contributed by atoms with Gasteiger partial charge < -0.3 is 10.3 Å². The Kier molecular flexibility index (Phi) is 4.38. The molecule has 1 aliphatic rings. The minimum absolute atomic E-state index is 0.413. The molecule has 1 aromatic carbocycles. The van der Waals surface area contributed by atoms with Gasteiger partial charge in [-0.1, -0.05) is 30.3 Å². The minimum Gasteiger partial charge on any atom is -0.364 e. The monoisotopic (exact) mass is 352 g/mol. The fourth-order valence-electron chi connectivity index (χ4n) is 3.40. The number of imidazole rings is 1. The molecule has 2 N–H and O–H groups in total. The molecule has 6 heteroatoms. The number of rotatable bonds is 4. The van der Waals surface area contributed by atoms with Gasteiger partial charge in [-0.15, -0.1) is 0 Å². The molecule has 5 nitrogen and oxygen atoms in total. The van der Waals surface area contributed by atoms with Crippen LogP contribution in [-0.2, 0) is 19.5 Å². The van der Waals surface area contributed by atoms with E-state index in [1.54, 1.807) is 11.3 Å². The number of amides is 1. The molecule has 2 aromatic heterocycles. The molecule has 0 saturated heterocycles. The van der Waals surface area contributed by atoms with Crippen LogP contribution in [0.4, 0.5) is 0 Å². The molecule has 0 unspecified atom stereocenters. The summed E-state index contributed by atoms with van der Waals surface area (Å²) in [5.74, 6) is 0.388. The topological polar surface area (TPSA) is 64.2 Å². The molecule has 0 saturated carbocycles. The molecule has 0 atom stereocenters. The molecule has 4 rings (SSSR count). The molecule has 0 radical (unpaired) electrons. The second kappa shape index (κ2) is 6.82. The highest BCUT2D eigenvalue weighted by molar-refractivity contribution is 7.07. The van der Waals surface area contributed by atoms with Crippen LogP contribution in [-0.4, -0.2) is 33.4 Å². The molecule has 1 amide bonds. The Morgan fingerprint density at radius 1 is 1.16 bits per heavy atom. The summed E-state index contributed by atoms with van der Waals surface area (Å²) in [7, 11) is 0. The summed E-state index contributed by atoms with van der Waals surface area (Å²) >= 11 is 1.73. The molecule has 25 heavy (non-hydrogen) atoms. The van der Waals surface area contributed by atoms with Gasteiger partial charge in [0.2, 0.25) is 0 Å². The molecule has 3 heterocycles. The van der Waals surface area contributed by atoms with Crippen LogP contribution in [0.5, 0.6) is 0 Å². The van der Waals surface area contributed by atoms with Crippen LogP contribution in [0, 0.1) is 0 Å². The van der Waals surface area contributed by atoms with E-state index in [9.17, 15) is 4.79 Å². The maximum atomic E-state index is 11.9. The van der Waals surface area contributed by atoms with E-state index in [2.05, 4.69) is 31.3 Å². The third-order valence-electron chi connectivity index (χ3n) is 4.63. The second-order valence-corrected chi connectivity index (χ2v) is 7.05. The summed E-state index contributed by atoms with van der Waals surface area (Å²) in [4.78, 5) is 18.9. The number of carbonyl (C=O) groups excluding carboxylic acids is 1. The van der Waals surface area contributed by atoms with Crippen molar-refractivity contribution in [3.05, 3.63) is 64.1 Å². The lowest BCUT2D eigenvalue weighted by molar-refractivity contribution is 0.0995. The number of benzene rings is 1. The molecule has 0 aliphatic carbocycles. The number of nitrogens with two attached hydrogens (primary N) is 1. The second-order valence-electron chi connectivity index (χ2n) is 6.27. The quantitative estimate of drug-likeness (QED) is 0.785. The Balaban J connectivity index is 1.66. The van der Waals surface area contributed by atoms with Crippen molar-refractivity contribution in [2.45, 2.75) is 19.5 Å². The molecule has 0 fully saturated rings. The Labute approximate surface area is 150 Å². The number of primary amides is 1. The number of hydrogen-bond donors (Lipinski definition) is 1. The zero-order valence-electron chi connectivity index (χ0n) is 13.9. The Morgan fingerprint density at radius 3 is 2.72 bits per heavy atom. The summed E-state index contributed by atoms with van der Waals surface area (Å²) < 4.78 is 2.17. The van der Waals surface area contributed by atoms with E-state index in [4.69, 9.17) is 5.73 Å². The van der Waals surface area contributed by atoms with Crippen LogP contribution >= 0.6 is 11.3 Å². The number of aromatic nitrogens is 2. The van der Waals surface area contributed by atoms with Gasteiger partial charge in [-0.3, -0.25) is 9.69 Å². The van der Waals surface area contributed by atoms with Gasteiger partial charge in [-0.25, -0.2) is 4.98 Å². The number of nitrogens with zero attached hydrogens (tertiary/aromatic N) is 3. The van der Waals surface area contributed by atoms with E-state index in [-0.39, 0.29) is 0 Å². The van der Waals surface area contributed by atoms with Crippen LogP contribution in [0.1, 0.15) is 21.7 Å². The lowest BCUT2D eigenvalue weighted by Gasteiger charge is -2.19. The van der Waals surface area contributed by atoms with Gasteiger partial charge in [0, 0.05) is 38.2 Å². The van der Waals surface area contributed by atoms with E-state index in [1.165, 1.54) is 5.56 Å². The smallest absolute Gasteiger partial charge is 0.269 e. The van der Waals surface area contributed by atoms with E-state index in [0.29, 0.717) is 5.69 Å². The Bertz CT molecular complexity index is 870. The highest BCUT2D eigenvalue weighted by atomic mass is 32.1. The van der Waals surface area contributed by atoms with Crippen molar-refractivity contribution in [1.29, 1.82) is 0 Å². The van der Waals surface area contributed by atoms with Gasteiger partial charge in [0.25, 0.3) is 5.91 Å². The maximum Gasteiger partial charge on any atom is 0.269 e. The average molecular weight is 352 g/mol. The number of thiophene rings is 1. The summed E-state index contributed by atoms with van der Waals surface area (Å²) in [6.07, 6.45) is 0.780. The van der Waals surface area contributed by atoms with Gasteiger partial charge >= 0.3 is 0 Å². The first-order chi connectivity index (χ1) is 12.2. The summed E-state index contributed by atoms with van der Waals surface area (Å²) in [6.45, 7) is 3.58.